The lowest BCUT2D eigenvalue weighted by atomic mass is 9.89. The molecule has 0 spiro atoms. The fourth-order valence-electron chi connectivity index (χ4n) is 1.94. The Balaban J connectivity index is 2.54. The number of methoxy groups -OCH3 is 1. The van der Waals surface area contributed by atoms with Gasteiger partial charge in [-0.05, 0) is 24.5 Å². The zero-order valence-electron chi connectivity index (χ0n) is 13.3. The number of nitrogens with zero attached hydrogens (tertiary/aromatic N) is 1. The monoisotopic (exact) mass is 282 g/mol. The highest BCUT2D eigenvalue weighted by Gasteiger charge is 2.26. The first-order chi connectivity index (χ1) is 9.27. The average Bonchev–Trinajstić information content (AvgIpc) is 2.89. The van der Waals surface area contributed by atoms with Crippen LogP contribution in [0.15, 0.2) is 22.8 Å². The molecule has 1 aromatic heterocycles. The van der Waals surface area contributed by atoms with Gasteiger partial charge in [-0.25, -0.2) is 4.79 Å². The van der Waals surface area contributed by atoms with E-state index in [0.717, 1.165) is 5.76 Å². The van der Waals surface area contributed by atoms with Crippen LogP contribution in [0, 0.1) is 5.41 Å². The first kappa shape index (κ1) is 16.6. The minimum Gasteiger partial charge on any atom is -0.467 e. The van der Waals surface area contributed by atoms with Gasteiger partial charge in [0, 0.05) is 20.7 Å². The van der Waals surface area contributed by atoms with Gasteiger partial charge in [0.2, 0.25) is 0 Å². The molecule has 1 heterocycles. The highest BCUT2D eigenvalue weighted by molar-refractivity contribution is 5.74. The molecule has 2 atom stereocenters. The molecule has 2 unspecified atom stereocenters. The van der Waals surface area contributed by atoms with Gasteiger partial charge in [0.05, 0.1) is 18.4 Å². The highest BCUT2D eigenvalue weighted by Crippen LogP contribution is 2.22. The van der Waals surface area contributed by atoms with E-state index in [-0.39, 0.29) is 23.6 Å². The average molecular weight is 282 g/mol. The zero-order valence-corrected chi connectivity index (χ0v) is 13.3. The van der Waals surface area contributed by atoms with Gasteiger partial charge in [-0.1, -0.05) is 20.8 Å². The van der Waals surface area contributed by atoms with Crippen molar-refractivity contribution in [1.29, 1.82) is 0 Å². The lowest BCUT2D eigenvalue weighted by molar-refractivity contribution is 0.0184. The topological polar surface area (TPSA) is 54.7 Å². The number of urea groups is 1. The highest BCUT2D eigenvalue weighted by atomic mass is 16.5. The molecular formula is C15H26N2O3. The van der Waals surface area contributed by atoms with Gasteiger partial charge in [-0.3, -0.25) is 0 Å². The van der Waals surface area contributed by atoms with Crippen molar-refractivity contribution in [2.24, 2.45) is 5.41 Å². The summed E-state index contributed by atoms with van der Waals surface area (Å²) in [6, 6.07) is 3.43. The molecule has 1 aromatic rings. The fourth-order valence-corrected chi connectivity index (χ4v) is 1.94. The van der Waals surface area contributed by atoms with Crippen LogP contribution < -0.4 is 5.32 Å². The second-order valence-corrected chi connectivity index (χ2v) is 6.08. The number of hydrogen-bond acceptors (Lipinski definition) is 3. The van der Waals surface area contributed by atoms with Crippen LogP contribution in [0.4, 0.5) is 4.79 Å². The van der Waals surface area contributed by atoms with E-state index < -0.39 is 0 Å². The Bertz CT molecular complexity index is 409. The third kappa shape index (κ3) is 4.27. The lowest BCUT2D eigenvalue weighted by Gasteiger charge is -2.31. The molecule has 0 aliphatic rings. The van der Waals surface area contributed by atoms with Gasteiger partial charge in [0.15, 0.2) is 0 Å². The van der Waals surface area contributed by atoms with E-state index in [2.05, 4.69) is 26.1 Å². The van der Waals surface area contributed by atoms with Gasteiger partial charge in [0.25, 0.3) is 0 Å². The largest absolute Gasteiger partial charge is 0.467 e. The molecule has 0 aliphatic heterocycles. The van der Waals surface area contributed by atoms with Crippen LogP contribution in [0.3, 0.4) is 0 Å². The van der Waals surface area contributed by atoms with Crippen LogP contribution in [-0.4, -0.2) is 37.7 Å². The molecule has 1 rings (SSSR count). The number of ether oxygens (including phenoxy) is 1. The molecule has 0 aliphatic carbocycles. The van der Waals surface area contributed by atoms with Gasteiger partial charge >= 0.3 is 6.03 Å². The van der Waals surface area contributed by atoms with Crippen LogP contribution in [0.1, 0.15) is 39.5 Å². The maximum atomic E-state index is 12.1. The second-order valence-electron chi connectivity index (χ2n) is 6.08. The van der Waals surface area contributed by atoms with Crippen LogP contribution in [0.5, 0.6) is 0 Å². The molecule has 0 radical (unpaired) electrons. The molecule has 1 N–H and O–H groups in total. The number of amides is 2. The first-order valence-corrected chi connectivity index (χ1v) is 6.84. The molecule has 20 heavy (non-hydrogen) atoms. The van der Waals surface area contributed by atoms with Gasteiger partial charge < -0.3 is 19.4 Å². The van der Waals surface area contributed by atoms with Crippen molar-refractivity contribution >= 4 is 6.03 Å². The van der Waals surface area contributed by atoms with E-state index in [9.17, 15) is 4.79 Å². The SMILES string of the molecule is COC(CNC(=O)N(C)C(C)c1ccco1)C(C)(C)C. The molecule has 2 amide bonds. The maximum Gasteiger partial charge on any atom is 0.317 e. The van der Waals surface area contributed by atoms with E-state index >= 15 is 0 Å². The molecular weight excluding hydrogens is 256 g/mol. The predicted molar refractivity (Wildman–Crippen MR) is 78.5 cm³/mol. The standard InChI is InChI=1S/C15H26N2O3/c1-11(12-8-7-9-20-12)17(5)14(18)16-10-13(19-6)15(2,3)4/h7-9,11,13H,10H2,1-6H3,(H,16,18). The number of furan rings is 1. The third-order valence-electron chi connectivity index (χ3n) is 3.55. The fraction of sp³-hybridized carbons (Fsp3) is 0.667. The Hall–Kier alpha value is -1.49. The Morgan fingerprint density at radius 3 is 2.60 bits per heavy atom. The molecule has 5 nitrogen and oxygen atoms in total. The van der Waals surface area contributed by atoms with Gasteiger partial charge in [-0.15, -0.1) is 0 Å². The molecule has 0 saturated heterocycles. The number of carbonyl (C=O) groups is 1. The lowest BCUT2D eigenvalue weighted by Crippen LogP contribution is -2.45. The smallest absolute Gasteiger partial charge is 0.317 e. The van der Waals surface area contributed by atoms with Crippen molar-refractivity contribution in [2.75, 3.05) is 20.7 Å². The molecule has 0 aromatic carbocycles. The van der Waals surface area contributed by atoms with Crippen molar-refractivity contribution in [3.63, 3.8) is 0 Å². The second kappa shape index (κ2) is 6.79. The van der Waals surface area contributed by atoms with E-state index in [4.69, 9.17) is 9.15 Å². The summed E-state index contributed by atoms with van der Waals surface area (Å²) in [5.74, 6) is 0.766. The van der Waals surface area contributed by atoms with Crippen molar-refractivity contribution in [3.05, 3.63) is 24.2 Å². The summed E-state index contributed by atoms with van der Waals surface area (Å²) >= 11 is 0. The van der Waals surface area contributed by atoms with Crippen LogP contribution >= 0.6 is 0 Å². The van der Waals surface area contributed by atoms with Crippen LogP contribution in [-0.2, 0) is 4.74 Å². The zero-order chi connectivity index (χ0) is 15.3. The Kier molecular flexibility index (Phi) is 5.62. The van der Waals surface area contributed by atoms with Crippen molar-refractivity contribution in [1.82, 2.24) is 10.2 Å². The number of carbonyl (C=O) groups excluding carboxylic acids is 1. The summed E-state index contributed by atoms with van der Waals surface area (Å²) in [5.41, 5.74) is -0.0206. The summed E-state index contributed by atoms with van der Waals surface area (Å²) < 4.78 is 10.7. The molecule has 0 bridgehead atoms. The predicted octanol–water partition coefficient (Wildman–Crippen LogP) is 3.04. The van der Waals surface area contributed by atoms with Gasteiger partial charge in [-0.2, -0.15) is 0 Å². The van der Waals surface area contributed by atoms with Crippen LogP contribution in [0.25, 0.3) is 0 Å². The number of nitrogens with one attached hydrogen (secondary N) is 1. The molecule has 0 fully saturated rings. The molecule has 5 heteroatoms. The summed E-state index contributed by atoms with van der Waals surface area (Å²) in [5, 5.41) is 2.90. The Morgan fingerprint density at radius 2 is 2.15 bits per heavy atom. The summed E-state index contributed by atoms with van der Waals surface area (Å²) in [6.07, 6.45) is 1.58. The number of rotatable bonds is 5. The Morgan fingerprint density at radius 1 is 1.50 bits per heavy atom. The first-order valence-electron chi connectivity index (χ1n) is 6.84. The Labute approximate surface area is 121 Å². The minimum absolute atomic E-state index is 0.0206. The molecule has 114 valence electrons. The summed E-state index contributed by atoms with van der Waals surface area (Å²) in [4.78, 5) is 13.8. The quantitative estimate of drug-likeness (QED) is 0.903. The van der Waals surface area contributed by atoms with Crippen molar-refractivity contribution < 1.29 is 13.9 Å². The van der Waals surface area contributed by atoms with Crippen LogP contribution in [0.2, 0.25) is 0 Å². The third-order valence-corrected chi connectivity index (χ3v) is 3.55. The van der Waals surface area contributed by atoms with Crippen molar-refractivity contribution in [2.45, 2.75) is 39.8 Å². The summed E-state index contributed by atoms with van der Waals surface area (Å²) in [6.45, 7) is 8.66. The minimum atomic E-state index is -0.139. The number of hydrogen-bond donors (Lipinski definition) is 1. The van der Waals surface area contributed by atoms with Gasteiger partial charge in [0.1, 0.15) is 5.76 Å². The summed E-state index contributed by atoms with van der Waals surface area (Å²) in [7, 11) is 3.42. The van der Waals surface area contributed by atoms with E-state index in [0.29, 0.717) is 6.54 Å². The maximum absolute atomic E-state index is 12.1. The van der Waals surface area contributed by atoms with E-state index in [1.54, 1.807) is 25.3 Å². The van der Waals surface area contributed by atoms with E-state index in [1.165, 1.54) is 0 Å². The van der Waals surface area contributed by atoms with E-state index in [1.807, 2.05) is 19.1 Å². The van der Waals surface area contributed by atoms with Crippen molar-refractivity contribution in [3.8, 4) is 0 Å². The normalized spacial score (nSPS) is 14.7. The molecule has 0 saturated carbocycles.